The first kappa shape index (κ1) is 22.9. The molecule has 0 spiro atoms. The number of carbonyl (C=O) groups is 2. The number of aliphatic carboxylic acids is 1. The SMILES string of the molecule is O=C(CCCCC(S)CCS)N[C@@H](Cc1cnc[nH]1)C(=O)O.[H-].[Na+]. The van der Waals surface area contributed by atoms with E-state index >= 15 is 0 Å². The maximum atomic E-state index is 11.8. The van der Waals surface area contributed by atoms with E-state index in [9.17, 15) is 9.59 Å². The number of rotatable bonds is 11. The first-order chi connectivity index (χ1) is 10.5. The van der Waals surface area contributed by atoms with E-state index in [1.807, 2.05) is 0 Å². The summed E-state index contributed by atoms with van der Waals surface area (Å²) in [7, 11) is 0. The molecular weight excluding hydrogens is 345 g/mol. The predicted octanol–water partition coefficient (Wildman–Crippen LogP) is -1.18. The van der Waals surface area contributed by atoms with Gasteiger partial charge in [0.2, 0.25) is 5.91 Å². The van der Waals surface area contributed by atoms with Crippen molar-refractivity contribution in [1.82, 2.24) is 15.3 Å². The fraction of sp³-hybridized carbons (Fsp3) is 0.643. The number of carboxylic acid groups (broad SMARTS) is 1. The molecule has 0 aliphatic carbocycles. The molecule has 23 heavy (non-hydrogen) atoms. The molecule has 1 aromatic heterocycles. The Kier molecular flexibility index (Phi) is 13.1. The van der Waals surface area contributed by atoms with E-state index in [4.69, 9.17) is 5.11 Å². The van der Waals surface area contributed by atoms with Crippen LogP contribution >= 0.6 is 25.3 Å². The van der Waals surface area contributed by atoms with Crippen molar-refractivity contribution < 1.29 is 45.7 Å². The van der Waals surface area contributed by atoms with Crippen molar-refractivity contribution in [2.75, 3.05) is 5.75 Å². The molecule has 0 fully saturated rings. The van der Waals surface area contributed by atoms with Crippen LogP contribution in [0, 0.1) is 0 Å². The fourth-order valence-electron chi connectivity index (χ4n) is 2.04. The van der Waals surface area contributed by atoms with Crippen molar-refractivity contribution in [2.45, 2.75) is 49.8 Å². The molecule has 0 saturated carbocycles. The summed E-state index contributed by atoms with van der Waals surface area (Å²) >= 11 is 8.58. The number of nitrogens with one attached hydrogen (secondary N) is 2. The van der Waals surface area contributed by atoms with E-state index in [-0.39, 0.29) is 43.3 Å². The maximum absolute atomic E-state index is 11.8. The van der Waals surface area contributed by atoms with Crippen LogP contribution in [0.5, 0.6) is 0 Å². The molecule has 0 aliphatic rings. The minimum Gasteiger partial charge on any atom is -1.00 e. The Morgan fingerprint density at radius 1 is 1.39 bits per heavy atom. The van der Waals surface area contributed by atoms with Crippen LogP contribution in [-0.2, 0) is 16.0 Å². The third-order valence-corrected chi connectivity index (χ3v) is 4.04. The van der Waals surface area contributed by atoms with Gasteiger partial charge in [-0.2, -0.15) is 25.3 Å². The summed E-state index contributed by atoms with van der Waals surface area (Å²) in [6, 6.07) is -0.935. The molecule has 0 radical (unpaired) electrons. The molecule has 1 amide bonds. The Bertz CT molecular complexity index is 466. The zero-order chi connectivity index (χ0) is 16.4. The van der Waals surface area contributed by atoms with Crippen LogP contribution in [0.25, 0.3) is 0 Å². The average Bonchev–Trinajstić information content (AvgIpc) is 2.96. The van der Waals surface area contributed by atoms with Gasteiger partial charge in [-0.05, 0) is 25.0 Å². The first-order valence-corrected chi connectivity index (χ1v) is 8.46. The van der Waals surface area contributed by atoms with Crippen LogP contribution in [0.15, 0.2) is 12.5 Å². The molecule has 0 aromatic carbocycles. The van der Waals surface area contributed by atoms with Gasteiger partial charge in [-0.25, -0.2) is 9.78 Å². The Morgan fingerprint density at radius 2 is 2.13 bits per heavy atom. The standard InChI is InChI=1S/C14H23N3O3S2.Na.H/c18-13(4-2-1-3-11(22)5-6-21)17-12(14(19)20)7-10-8-15-9-16-10;;/h8-9,11-12,21-22H,1-7H2,(H,15,16)(H,17,18)(H,19,20);;/q;+1;-1/t11?,12-;;/m0../s1. The van der Waals surface area contributed by atoms with E-state index in [0.717, 1.165) is 31.4 Å². The number of H-pyrrole nitrogens is 1. The normalized spacial score (nSPS) is 13.0. The first-order valence-electron chi connectivity index (χ1n) is 7.31. The number of aromatic nitrogens is 2. The Morgan fingerprint density at radius 3 is 2.70 bits per heavy atom. The van der Waals surface area contributed by atoms with Crippen LogP contribution in [0.1, 0.15) is 39.2 Å². The third kappa shape index (κ3) is 10.3. The molecule has 126 valence electrons. The van der Waals surface area contributed by atoms with Crippen molar-refractivity contribution in [3.05, 3.63) is 18.2 Å². The average molecular weight is 369 g/mol. The largest absolute Gasteiger partial charge is 1.00 e. The number of carbonyl (C=O) groups excluding carboxylic acids is 1. The monoisotopic (exact) mass is 369 g/mol. The minimum atomic E-state index is -1.05. The quantitative estimate of drug-likeness (QED) is 0.193. The van der Waals surface area contributed by atoms with Crippen LogP contribution in [0.4, 0.5) is 0 Å². The number of imidazole rings is 1. The molecule has 1 aromatic rings. The summed E-state index contributed by atoms with van der Waals surface area (Å²) < 4.78 is 0. The fourth-order valence-corrected chi connectivity index (χ4v) is 2.87. The molecule has 1 rings (SSSR count). The minimum absolute atomic E-state index is 0. The van der Waals surface area contributed by atoms with Crippen molar-refractivity contribution in [3.8, 4) is 0 Å². The van der Waals surface area contributed by atoms with Gasteiger partial charge in [-0.3, -0.25) is 4.79 Å². The molecule has 0 saturated heterocycles. The number of hydrogen-bond donors (Lipinski definition) is 5. The number of amides is 1. The van der Waals surface area contributed by atoms with E-state index in [1.54, 1.807) is 6.20 Å². The van der Waals surface area contributed by atoms with Crippen LogP contribution in [0.2, 0.25) is 0 Å². The molecule has 0 aliphatic heterocycles. The van der Waals surface area contributed by atoms with Gasteiger partial charge in [-0.15, -0.1) is 0 Å². The van der Waals surface area contributed by atoms with Gasteiger partial charge < -0.3 is 16.8 Å². The van der Waals surface area contributed by atoms with Gasteiger partial charge in [0.25, 0.3) is 0 Å². The predicted molar refractivity (Wildman–Crippen MR) is 92.7 cm³/mol. The van der Waals surface area contributed by atoms with Crippen LogP contribution in [0.3, 0.4) is 0 Å². The second-order valence-corrected chi connectivity index (χ2v) is 6.33. The second-order valence-electron chi connectivity index (χ2n) is 5.15. The topological polar surface area (TPSA) is 95.1 Å². The molecular formula is C14H24N3NaO3S2. The van der Waals surface area contributed by atoms with Gasteiger partial charge in [0, 0.05) is 30.0 Å². The van der Waals surface area contributed by atoms with E-state index in [2.05, 4.69) is 40.5 Å². The molecule has 1 unspecified atom stereocenters. The van der Waals surface area contributed by atoms with E-state index in [1.165, 1.54) is 6.33 Å². The van der Waals surface area contributed by atoms with Crippen molar-refractivity contribution in [2.24, 2.45) is 0 Å². The molecule has 1 heterocycles. The van der Waals surface area contributed by atoms with Crippen LogP contribution < -0.4 is 34.9 Å². The zero-order valence-corrected chi connectivity index (χ0v) is 17.2. The maximum Gasteiger partial charge on any atom is 1.00 e. The number of nitrogens with zero attached hydrogens (tertiary/aromatic N) is 1. The number of thiol groups is 2. The summed E-state index contributed by atoms with van der Waals surface area (Å²) in [5.74, 6) is -0.480. The number of hydrogen-bond acceptors (Lipinski definition) is 5. The molecule has 2 atom stereocenters. The van der Waals surface area contributed by atoms with E-state index in [0.29, 0.717) is 17.4 Å². The van der Waals surface area contributed by atoms with Crippen molar-refractivity contribution in [1.29, 1.82) is 0 Å². The summed E-state index contributed by atoms with van der Waals surface area (Å²) in [5, 5.41) is 12.0. The van der Waals surface area contributed by atoms with Gasteiger partial charge in [0.15, 0.2) is 0 Å². The Balaban J connectivity index is 0. The second kappa shape index (κ2) is 13.2. The number of carboxylic acids is 1. The summed E-state index contributed by atoms with van der Waals surface area (Å²) in [6.45, 7) is 0. The smallest absolute Gasteiger partial charge is 1.00 e. The van der Waals surface area contributed by atoms with Crippen LogP contribution in [-0.4, -0.2) is 44.0 Å². The molecule has 9 heteroatoms. The summed E-state index contributed by atoms with van der Waals surface area (Å²) in [4.78, 5) is 29.7. The number of aromatic amines is 1. The van der Waals surface area contributed by atoms with E-state index < -0.39 is 12.0 Å². The Labute approximate surface area is 171 Å². The van der Waals surface area contributed by atoms with Gasteiger partial charge in [0.05, 0.1) is 6.33 Å². The van der Waals surface area contributed by atoms with Gasteiger partial charge in [-0.1, -0.05) is 6.42 Å². The third-order valence-electron chi connectivity index (χ3n) is 3.27. The molecule has 6 nitrogen and oxygen atoms in total. The van der Waals surface area contributed by atoms with Crippen molar-refractivity contribution >= 4 is 37.1 Å². The van der Waals surface area contributed by atoms with Gasteiger partial charge in [0.1, 0.15) is 6.04 Å². The summed E-state index contributed by atoms with van der Waals surface area (Å²) in [5.41, 5.74) is 0.678. The molecule has 0 bridgehead atoms. The summed E-state index contributed by atoms with van der Waals surface area (Å²) in [6.07, 6.45) is 7.07. The zero-order valence-electron chi connectivity index (χ0n) is 14.4. The Hall–Kier alpha value is -0.150. The number of unbranched alkanes of at least 4 members (excludes halogenated alkanes) is 1. The van der Waals surface area contributed by atoms with Crippen molar-refractivity contribution in [3.63, 3.8) is 0 Å². The molecule has 3 N–H and O–H groups in total. The van der Waals surface area contributed by atoms with Gasteiger partial charge >= 0.3 is 35.5 Å².